The topological polar surface area (TPSA) is 63.7 Å². The highest BCUT2D eigenvalue weighted by atomic mass is 16.5. The van der Waals surface area contributed by atoms with Crippen molar-refractivity contribution >= 4 is 5.91 Å². The first-order valence-electron chi connectivity index (χ1n) is 12.2. The highest BCUT2D eigenvalue weighted by Gasteiger charge is 2.33. The van der Waals surface area contributed by atoms with Crippen LogP contribution in [0, 0.1) is 0 Å². The van der Waals surface area contributed by atoms with Crippen LogP contribution in [0.3, 0.4) is 0 Å². The van der Waals surface area contributed by atoms with Crippen molar-refractivity contribution in [1.82, 2.24) is 14.7 Å². The van der Waals surface area contributed by atoms with Gasteiger partial charge in [0.25, 0.3) is 0 Å². The number of carbonyl (C=O) groups is 1. The first kappa shape index (κ1) is 25.1. The average Bonchev–Trinajstić information content (AvgIpc) is 3.39. The summed E-state index contributed by atoms with van der Waals surface area (Å²) in [4.78, 5) is 20.0. The van der Waals surface area contributed by atoms with Crippen LogP contribution < -0.4 is 18.9 Å². The van der Waals surface area contributed by atoms with E-state index in [1.165, 1.54) is 5.56 Å². The lowest BCUT2D eigenvalue weighted by molar-refractivity contribution is -0.133. The summed E-state index contributed by atoms with van der Waals surface area (Å²) in [5.74, 6) is 3.22. The van der Waals surface area contributed by atoms with Gasteiger partial charge in [-0.15, -0.1) is 0 Å². The number of benzene rings is 2. The Bertz CT molecular complexity index is 1010. The minimum absolute atomic E-state index is 0.0506. The van der Waals surface area contributed by atoms with Gasteiger partial charge in [-0.05, 0) is 42.7 Å². The van der Waals surface area contributed by atoms with Crippen molar-refractivity contribution < 1.29 is 23.7 Å². The van der Waals surface area contributed by atoms with Gasteiger partial charge >= 0.3 is 0 Å². The molecule has 1 amide bonds. The first-order valence-corrected chi connectivity index (χ1v) is 12.2. The summed E-state index contributed by atoms with van der Waals surface area (Å²) in [6.45, 7) is 5.71. The molecule has 2 aliphatic rings. The van der Waals surface area contributed by atoms with Gasteiger partial charge in [0, 0.05) is 50.9 Å². The highest BCUT2D eigenvalue weighted by molar-refractivity contribution is 5.79. The zero-order chi connectivity index (χ0) is 24.8. The summed E-state index contributed by atoms with van der Waals surface area (Å²) in [6.07, 6.45) is 1.96. The maximum absolute atomic E-state index is 13.3. The van der Waals surface area contributed by atoms with Gasteiger partial charge in [0.2, 0.25) is 5.91 Å². The predicted molar refractivity (Wildman–Crippen MR) is 134 cm³/mol. The SMILES string of the molecule is COc1ccc(C2CCCN2C(=O)CN2CCN(Cc3ccc(OC)c(OC)c3)CC2)c(OC)c1. The maximum Gasteiger partial charge on any atom is 0.237 e. The molecule has 8 nitrogen and oxygen atoms in total. The van der Waals surface area contributed by atoms with Crippen LogP contribution >= 0.6 is 0 Å². The second-order valence-electron chi connectivity index (χ2n) is 9.09. The van der Waals surface area contributed by atoms with Crippen molar-refractivity contribution in [3.05, 3.63) is 47.5 Å². The van der Waals surface area contributed by atoms with E-state index in [-0.39, 0.29) is 11.9 Å². The smallest absolute Gasteiger partial charge is 0.237 e. The molecule has 190 valence electrons. The number of methoxy groups -OCH3 is 4. The normalized spacial score (nSPS) is 19.0. The number of carbonyl (C=O) groups excluding carboxylic acids is 1. The fourth-order valence-corrected chi connectivity index (χ4v) is 5.11. The molecule has 0 aliphatic carbocycles. The Morgan fingerprint density at radius 1 is 0.800 bits per heavy atom. The Morgan fingerprint density at radius 3 is 2.20 bits per heavy atom. The molecule has 2 fully saturated rings. The molecule has 0 bridgehead atoms. The lowest BCUT2D eigenvalue weighted by atomic mass is 10.0. The minimum Gasteiger partial charge on any atom is -0.497 e. The van der Waals surface area contributed by atoms with E-state index in [2.05, 4.69) is 15.9 Å². The number of rotatable bonds is 9. The maximum atomic E-state index is 13.3. The van der Waals surface area contributed by atoms with Crippen molar-refractivity contribution in [1.29, 1.82) is 0 Å². The van der Waals surface area contributed by atoms with E-state index >= 15 is 0 Å². The van der Waals surface area contributed by atoms with Crippen LogP contribution in [-0.2, 0) is 11.3 Å². The van der Waals surface area contributed by atoms with Crippen molar-refractivity contribution in [3.8, 4) is 23.0 Å². The molecule has 0 radical (unpaired) electrons. The van der Waals surface area contributed by atoms with E-state index in [0.717, 1.165) is 80.7 Å². The minimum atomic E-state index is 0.0506. The standard InChI is InChI=1S/C27H37N3O5/c1-32-21-8-9-22(25(17-21)34-3)23-6-5-11-30(23)27(31)19-29-14-12-28(13-15-29)18-20-7-10-24(33-2)26(16-20)35-4/h7-10,16-17,23H,5-6,11-15,18-19H2,1-4H3. The first-order chi connectivity index (χ1) is 17.1. The second-order valence-corrected chi connectivity index (χ2v) is 9.09. The number of ether oxygens (including phenoxy) is 4. The van der Waals surface area contributed by atoms with Crippen LogP contribution in [0.5, 0.6) is 23.0 Å². The number of likely N-dealkylation sites (tertiary alicyclic amines) is 1. The molecule has 0 spiro atoms. The predicted octanol–water partition coefficient (Wildman–Crippen LogP) is 3.20. The van der Waals surface area contributed by atoms with E-state index in [4.69, 9.17) is 18.9 Å². The lowest BCUT2D eigenvalue weighted by Gasteiger charge is -2.36. The largest absolute Gasteiger partial charge is 0.497 e. The molecule has 2 heterocycles. The monoisotopic (exact) mass is 483 g/mol. The molecule has 4 rings (SSSR count). The molecule has 2 aromatic carbocycles. The number of hydrogen-bond donors (Lipinski definition) is 0. The summed E-state index contributed by atoms with van der Waals surface area (Å²) in [6, 6.07) is 12.0. The van der Waals surface area contributed by atoms with Crippen molar-refractivity contribution in [3.63, 3.8) is 0 Å². The van der Waals surface area contributed by atoms with Gasteiger partial charge in [-0.25, -0.2) is 0 Å². The van der Waals surface area contributed by atoms with Crippen LogP contribution in [0.2, 0.25) is 0 Å². The van der Waals surface area contributed by atoms with Crippen LogP contribution in [0.25, 0.3) is 0 Å². The summed E-state index contributed by atoms with van der Waals surface area (Å²) in [7, 11) is 6.62. The molecule has 0 aromatic heterocycles. The van der Waals surface area contributed by atoms with Crippen molar-refractivity contribution in [2.24, 2.45) is 0 Å². The van der Waals surface area contributed by atoms with E-state index in [9.17, 15) is 4.79 Å². The molecule has 2 aliphatic heterocycles. The Kier molecular flexibility index (Phi) is 8.36. The van der Waals surface area contributed by atoms with Gasteiger partial charge in [-0.2, -0.15) is 0 Å². The highest BCUT2D eigenvalue weighted by Crippen LogP contribution is 2.38. The van der Waals surface area contributed by atoms with Crippen molar-refractivity contribution in [2.75, 3.05) is 67.7 Å². The van der Waals surface area contributed by atoms with Gasteiger partial charge < -0.3 is 23.8 Å². The van der Waals surface area contributed by atoms with E-state index < -0.39 is 0 Å². The summed E-state index contributed by atoms with van der Waals surface area (Å²) in [5, 5.41) is 0. The van der Waals surface area contributed by atoms with Crippen LogP contribution in [0.4, 0.5) is 0 Å². The van der Waals surface area contributed by atoms with E-state index in [0.29, 0.717) is 6.54 Å². The van der Waals surface area contributed by atoms with E-state index in [1.807, 2.05) is 35.2 Å². The number of amides is 1. The lowest BCUT2D eigenvalue weighted by Crippen LogP contribution is -2.49. The molecule has 8 heteroatoms. The number of nitrogens with zero attached hydrogens (tertiary/aromatic N) is 3. The molecular weight excluding hydrogens is 446 g/mol. The molecule has 0 N–H and O–H groups in total. The Labute approximate surface area is 208 Å². The number of hydrogen-bond acceptors (Lipinski definition) is 7. The summed E-state index contributed by atoms with van der Waals surface area (Å²) >= 11 is 0. The third-order valence-electron chi connectivity index (χ3n) is 7.05. The number of piperazine rings is 1. The summed E-state index contributed by atoms with van der Waals surface area (Å²) in [5.41, 5.74) is 2.25. The van der Waals surface area contributed by atoms with Crippen LogP contribution in [0.15, 0.2) is 36.4 Å². The van der Waals surface area contributed by atoms with Crippen LogP contribution in [-0.4, -0.2) is 88.3 Å². The molecule has 35 heavy (non-hydrogen) atoms. The van der Waals surface area contributed by atoms with Crippen LogP contribution in [0.1, 0.15) is 30.0 Å². The van der Waals surface area contributed by atoms with Crippen molar-refractivity contribution in [2.45, 2.75) is 25.4 Å². The molecule has 0 saturated carbocycles. The second kappa shape index (κ2) is 11.6. The average molecular weight is 484 g/mol. The third-order valence-corrected chi connectivity index (χ3v) is 7.05. The summed E-state index contributed by atoms with van der Waals surface area (Å²) < 4.78 is 21.7. The molecule has 1 atom stereocenters. The van der Waals surface area contributed by atoms with Gasteiger partial charge in [-0.3, -0.25) is 14.6 Å². The quantitative estimate of drug-likeness (QED) is 0.543. The van der Waals surface area contributed by atoms with Gasteiger partial charge in [0.05, 0.1) is 41.0 Å². The van der Waals surface area contributed by atoms with Gasteiger partial charge in [0.1, 0.15) is 11.5 Å². The van der Waals surface area contributed by atoms with Gasteiger partial charge in [0.15, 0.2) is 11.5 Å². The molecule has 2 aromatic rings. The zero-order valence-corrected chi connectivity index (χ0v) is 21.3. The third kappa shape index (κ3) is 5.82. The molecular formula is C27H37N3O5. The molecule has 1 unspecified atom stereocenters. The van der Waals surface area contributed by atoms with E-state index in [1.54, 1.807) is 28.4 Å². The fourth-order valence-electron chi connectivity index (χ4n) is 5.11. The zero-order valence-electron chi connectivity index (χ0n) is 21.3. The Hall–Kier alpha value is -2.97. The molecule has 2 saturated heterocycles. The fraction of sp³-hybridized carbons (Fsp3) is 0.519. The Morgan fingerprint density at radius 2 is 1.51 bits per heavy atom. The Balaban J connectivity index is 1.32. The van der Waals surface area contributed by atoms with Gasteiger partial charge in [-0.1, -0.05) is 6.07 Å².